The molecular weight excluding hydrogens is 448 g/mol. The maximum absolute atomic E-state index is 13.1. The van der Waals surface area contributed by atoms with Crippen molar-refractivity contribution in [2.75, 3.05) is 13.2 Å². The molecule has 0 saturated carbocycles. The van der Waals surface area contributed by atoms with Gasteiger partial charge in [0, 0.05) is 12.5 Å². The SMILES string of the molecule is CC(C)(C)OC(=O)N[C@@H]1CCN(C(=O)OCC2c3ccccc3-c3ccccc32)[C@@H]1C(=O)C=[N+]=[N-]. The number of nitrogens with one attached hydrogen (secondary N) is 1. The molecule has 2 aliphatic rings. The Labute approximate surface area is 203 Å². The molecular formula is C26H28N4O5. The van der Waals surface area contributed by atoms with Crippen LogP contribution < -0.4 is 5.32 Å². The highest BCUT2D eigenvalue weighted by atomic mass is 16.6. The molecule has 35 heavy (non-hydrogen) atoms. The van der Waals surface area contributed by atoms with Gasteiger partial charge in [-0.3, -0.25) is 9.69 Å². The van der Waals surface area contributed by atoms with Gasteiger partial charge in [0.1, 0.15) is 18.2 Å². The average molecular weight is 477 g/mol. The van der Waals surface area contributed by atoms with Crippen molar-refractivity contribution < 1.29 is 28.6 Å². The zero-order valence-corrected chi connectivity index (χ0v) is 19.9. The molecule has 2 amide bonds. The Morgan fingerprint density at radius 2 is 1.69 bits per heavy atom. The number of fused-ring (bicyclic) bond motifs is 3. The van der Waals surface area contributed by atoms with Crippen LogP contribution >= 0.6 is 0 Å². The van der Waals surface area contributed by atoms with Gasteiger partial charge in [0.15, 0.2) is 0 Å². The smallest absolute Gasteiger partial charge is 0.410 e. The fourth-order valence-electron chi connectivity index (χ4n) is 4.77. The summed E-state index contributed by atoms with van der Waals surface area (Å²) in [6.45, 7) is 5.47. The van der Waals surface area contributed by atoms with E-state index in [1.54, 1.807) is 20.8 Å². The molecule has 1 aliphatic carbocycles. The van der Waals surface area contributed by atoms with E-state index >= 15 is 0 Å². The first-order valence-corrected chi connectivity index (χ1v) is 11.5. The minimum Gasteiger partial charge on any atom is -0.448 e. The molecule has 9 nitrogen and oxygen atoms in total. The molecule has 1 aliphatic heterocycles. The first kappa shape index (κ1) is 24.2. The molecule has 1 fully saturated rings. The van der Waals surface area contributed by atoms with E-state index in [1.807, 2.05) is 48.5 Å². The number of ketones is 1. The number of hydrogen-bond donors (Lipinski definition) is 1. The summed E-state index contributed by atoms with van der Waals surface area (Å²) in [5.74, 6) is -0.752. The molecule has 182 valence electrons. The van der Waals surface area contributed by atoms with Crippen molar-refractivity contribution >= 4 is 24.2 Å². The minimum atomic E-state index is -1.07. The van der Waals surface area contributed by atoms with Crippen molar-refractivity contribution in [1.29, 1.82) is 0 Å². The van der Waals surface area contributed by atoms with E-state index in [-0.39, 0.29) is 19.1 Å². The van der Waals surface area contributed by atoms with Crippen molar-refractivity contribution in [2.24, 2.45) is 0 Å². The van der Waals surface area contributed by atoms with Crippen molar-refractivity contribution in [3.05, 3.63) is 65.2 Å². The van der Waals surface area contributed by atoms with Gasteiger partial charge in [-0.1, -0.05) is 48.5 Å². The minimum absolute atomic E-state index is 0.0997. The highest BCUT2D eigenvalue weighted by Crippen LogP contribution is 2.44. The Balaban J connectivity index is 1.49. The van der Waals surface area contributed by atoms with E-state index < -0.39 is 35.7 Å². The fraction of sp³-hybridized carbons (Fsp3) is 0.385. The van der Waals surface area contributed by atoms with Crippen LogP contribution in [0.15, 0.2) is 48.5 Å². The quantitative estimate of drug-likeness (QED) is 0.400. The maximum atomic E-state index is 13.1. The lowest BCUT2D eigenvalue weighted by Gasteiger charge is -2.27. The van der Waals surface area contributed by atoms with Gasteiger partial charge in [-0.25, -0.2) is 9.59 Å². The Morgan fingerprint density at radius 1 is 1.09 bits per heavy atom. The third-order valence-electron chi connectivity index (χ3n) is 6.15. The van der Waals surface area contributed by atoms with Crippen LogP contribution in [0.5, 0.6) is 0 Å². The summed E-state index contributed by atoms with van der Waals surface area (Å²) >= 11 is 0. The number of carbonyl (C=O) groups is 3. The van der Waals surface area contributed by atoms with Gasteiger partial charge < -0.3 is 20.3 Å². The highest BCUT2D eigenvalue weighted by Gasteiger charge is 2.45. The van der Waals surface area contributed by atoms with Crippen molar-refractivity contribution in [2.45, 2.75) is 50.8 Å². The first-order chi connectivity index (χ1) is 16.7. The number of ether oxygens (including phenoxy) is 2. The molecule has 2 aromatic rings. The third kappa shape index (κ3) is 5.10. The van der Waals surface area contributed by atoms with Gasteiger partial charge in [0.2, 0.25) is 0 Å². The lowest BCUT2D eigenvalue weighted by atomic mass is 9.98. The predicted octanol–water partition coefficient (Wildman–Crippen LogP) is 3.77. The van der Waals surface area contributed by atoms with Crippen LogP contribution in [0.25, 0.3) is 16.7 Å². The highest BCUT2D eigenvalue weighted by molar-refractivity contribution is 6.28. The van der Waals surface area contributed by atoms with Crippen LogP contribution in [0.2, 0.25) is 0 Å². The van der Waals surface area contributed by atoms with Gasteiger partial charge >= 0.3 is 18.4 Å². The van der Waals surface area contributed by atoms with E-state index in [0.717, 1.165) is 28.5 Å². The number of carbonyl (C=O) groups excluding carboxylic acids is 3. The molecule has 0 bridgehead atoms. The monoisotopic (exact) mass is 476 g/mol. The summed E-state index contributed by atoms with van der Waals surface area (Å²) in [5, 5.41) is 2.66. The van der Waals surface area contributed by atoms with Crippen LogP contribution in [-0.2, 0) is 14.3 Å². The zero-order valence-electron chi connectivity index (χ0n) is 19.9. The number of alkyl carbamates (subject to hydrolysis) is 1. The molecule has 0 radical (unpaired) electrons. The maximum Gasteiger partial charge on any atom is 0.410 e. The van der Waals surface area contributed by atoms with E-state index in [2.05, 4.69) is 10.1 Å². The largest absolute Gasteiger partial charge is 0.448 e. The van der Waals surface area contributed by atoms with Crippen molar-refractivity contribution in [3.63, 3.8) is 0 Å². The van der Waals surface area contributed by atoms with E-state index in [9.17, 15) is 14.4 Å². The molecule has 4 rings (SSSR count). The molecule has 0 aromatic heterocycles. The van der Waals surface area contributed by atoms with Gasteiger partial charge in [0.05, 0.1) is 6.04 Å². The second-order valence-electron chi connectivity index (χ2n) is 9.63. The van der Waals surface area contributed by atoms with Crippen LogP contribution in [0.4, 0.5) is 9.59 Å². The Hall–Kier alpha value is -3.97. The predicted molar refractivity (Wildman–Crippen MR) is 128 cm³/mol. The molecule has 2 atom stereocenters. The lowest BCUT2D eigenvalue weighted by molar-refractivity contribution is -0.120. The summed E-state index contributed by atoms with van der Waals surface area (Å²) in [4.78, 5) is 42.1. The molecule has 0 spiro atoms. The molecule has 0 unspecified atom stereocenters. The Bertz CT molecular complexity index is 1150. The number of nitrogens with zero attached hydrogens (tertiary/aromatic N) is 3. The second-order valence-corrected chi connectivity index (χ2v) is 9.63. The van der Waals surface area contributed by atoms with Crippen molar-refractivity contribution in [3.8, 4) is 11.1 Å². The van der Waals surface area contributed by atoms with Gasteiger partial charge in [-0.15, -0.1) is 0 Å². The molecule has 9 heteroatoms. The summed E-state index contributed by atoms with van der Waals surface area (Å²) in [6.07, 6.45) is -0.330. The van der Waals surface area contributed by atoms with E-state index in [1.165, 1.54) is 4.90 Å². The van der Waals surface area contributed by atoms with Crippen LogP contribution in [0, 0.1) is 0 Å². The van der Waals surface area contributed by atoms with Gasteiger partial charge in [-0.05, 0) is 49.4 Å². The van der Waals surface area contributed by atoms with Crippen LogP contribution in [0.3, 0.4) is 0 Å². The normalized spacial score (nSPS) is 18.8. The zero-order chi connectivity index (χ0) is 25.2. The molecule has 1 N–H and O–H groups in total. The standard InChI is InChI=1S/C26H28N4O5/c1-26(2,3)35-24(32)29-21-12-13-30(23(21)22(31)14-28-27)25(33)34-15-20-18-10-6-4-8-16(18)17-9-5-7-11-19(17)20/h4-11,14,20-21,23H,12-13,15H2,1-3H3,(H,29,32)/t21-,23+/m1/s1. The van der Waals surface area contributed by atoms with Crippen LogP contribution in [-0.4, -0.2) is 64.7 Å². The topological polar surface area (TPSA) is 121 Å². The van der Waals surface area contributed by atoms with Crippen molar-refractivity contribution in [1.82, 2.24) is 10.2 Å². The number of amides is 2. The van der Waals surface area contributed by atoms with Gasteiger partial charge in [-0.2, -0.15) is 4.79 Å². The average Bonchev–Trinajstić information content (AvgIpc) is 3.36. The number of benzene rings is 2. The summed E-state index contributed by atoms with van der Waals surface area (Å²) in [7, 11) is 0. The third-order valence-corrected chi connectivity index (χ3v) is 6.15. The lowest BCUT2D eigenvalue weighted by Crippen LogP contribution is -2.52. The molecule has 1 saturated heterocycles. The number of likely N-dealkylation sites (tertiary alicyclic amines) is 1. The summed E-state index contributed by atoms with van der Waals surface area (Å²) in [6, 6.07) is 14.2. The first-order valence-electron chi connectivity index (χ1n) is 11.5. The molecule has 2 aromatic carbocycles. The second kappa shape index (κ2) is 9.72. The van der Waals surface area contributed by atoms with E-state index in [4.69, 9.17) is 15.0 Å². The van der Waals surface area contributed by atoms with E-state index in [0.29, 0.717) is 6.42 Å². The summed E-state index contributed by atoms with van der Waals surface area (Å²) in [5.41, 5.74) is 12.5. The van der Waals surface area contributed by atoms with Gasteiger partial charge in [0.25, 0.3) is 5.78 Å². The van der Waals surface area contributed by atoms with Crippen LogP contribution in [0.1, 0.15) is 44.2 Å². The summed E-state index contributed by atoms with van der Waals surface area (Å²) < 4.78 is 11.0. The number of rotatable bonds is 5. The molecule has 1 heterocycles. The Kier molecular flexibility index (Phi) is 6.71. The number of Topliss-reactive ketones (excluding diaryl/α,β-unsaturated/α-hetero) is 1. The number of hydrogen-bond acceptors (Lipinski definition) is 5. The fourth-order valence-corrected chi connectivity index (χ4v) is 4.77. The Morgan fingerprint density at radius 3 is 2.26 bits per heavy atom.